The third-order valence-corrected chi connectivity index (χ3v) is 2.91. The number of H-pyrrole nitrogens is 1. The van der Waals surface area contributed by atoms with Crippen LogP contribution in [0.4, 0.5) is 10.2 Å². The summed E-state index contributed by atoms with van der Waals surface area (Å²) in [5, 5.41) is 10.5. The zero-order valence-electron chi connectivity index (χ0n) is 10.1. The first-order chi connectivity index (χ1) is 9.16. The molecule has 1 aromatic carbocycles. The van der Waals surface area contributed by atoms with Crippen molar-refractivity contribution in [2.45, 2.75) is 6.92 Å². The van der Waals surface area contributed by atoms with E-state index in [1.807, 2.05) is 6.92 Å². The fourth-order valence-electron chi connectivity index (χ4n) is 1.99. The Hall–Kier alpha value is -2.63. The van der Waals surface area contributed by atoms with Gasteiger partial charge in [-0.15, -0.1) is 0 Å². The van der Waals surface area contributed by atoms with Crippen LogP contribution >= 0.6 is 0 Å². The van der Waals surface area contributed by atoms with Crippen LogP contribution in [0.3, 0.4) is 0 Å². The van der Waals surface area contributed by atoms with Crippen LogP contribution in [0.25, 0.3) is 22.5 Å². The number of halogens is 1. The predicted octanol–water partition coefficient (Wildman–Crippen LogP) is 2.76. The smallest absolute Gasteiger partial charge is 0.180 e. The molecule has 2 heterocycles. The number of benzene rings is 1. The molecule has 0 aliphatic heterocycles. The van der Waals surface area contributed by atoms with Crippen LogP contribution in [0.1, 0.15) is 5.69 Å². The normalized spacial score (nSPS) is 10.8. The predicted molar refractivity (Wildman–Crippen MR) is 68.6 cm³/mol. The molecule has 5 nitrogen and oxygen atoms in total. The second-order valence-corrected chi connectivity index (χ2v) is 4.19. The van der Waals surface area contributed by atoms with Gasteiger partial charge in [0.25, 0.3) is 0 Å². The molecule has 0 spiro atoms. The Balaban J connectivity index is 2.22. The summed E-state index contributed by atoms with van der Waals surface area (Å²) >= 11 is 0. The lowest BCUT2D eigenvalue weighted by atomic mass is 10.0. The summed E-state index contributed by atoms with van der Waals surface area (Å²) in [6.45, 7) is 1.86. The topological polar surface area (TPSA) is 80.7 Å². The van der Waals surface area contributed by atoms with E-state index in [0.717, 1.165) is 11.3 Å². The Labute approximate surface area is 108 Å². The van der Waals surface area contributed by atoms with E-state index in [9.17, 15) is 4.39 Å². The quantitative estimate of drug-likeness (QED) is 0.740. The summed E-state index contributed by atoms with van der Waals surface area (Å²) in [6, 6.07) is 6.13. The molecule has 0 saturated carbocycles. The lowest BCUT2D eigenvalue weighted by Gasteiger charge is -2.02. The van der Waals surface area contributed by atoms with Gasteiger partial charge in [0.2, 0.25) is 0 Å². The highest BCUT2D eigenvalue weighted by Gasteiger charge is 2.20. The van der Waals surface area contributed by atoms with Crippen molar-refractivity contribution in [3.63, 3.8) is 0 Å². The fourth-order valence-corrected chi connectivity index (χ4v) is 1.99. The molecular formula is C13H11FN4O. The van der Waals surface area contributed by atoms with Crippen LogP contribution in [0.2, 0.25) is 0 Å². The number of anilines is 1. The summed E-state index contributed by atoms with van der Waals surface area (Å²) in [4.78, 5) is 0. The van der Waals surface area contributed by atoms with Crippen molar-refractivity contribution < 1.29 is 8.91 Å². The maximum absolute atomic E-state index is 13.3. The van der Waals surface area contributed by atoms with Crippen LogP contribution in [0, 0.1) is 12.7 Å². The Morgan fingerprint density at radius 1 is 1.37 bits per heavy atom. The lowest BCUT2D eigenvalue weighted by molar-refractivity contribution is 0.436. The van der Waals surface area contributed by atoms with Crippen molar-refractivity contribution in [1.29, 1.82) is 0 Å². The van der Waals surface area contributed by atoms with Crippen molar-refractivity contribution in [2.75, 3.05) is 5.73 Å². The first kappa shape index (κ1) is 11.5. The van der Waals surface area contributed by atoms with Gasteiger partial charge in [-0.2, -0.15) is 5.10 Å². The van der Waals surface area contributed by atoms with Crippen molar-refractivity contribution in [3.8, 4) is 22.5 Å². The van der Waals surface area contributed by atoms with E-state index in [1.54, 1.807) is 18.3 Å². The average molecular weight is 258 g/mol. The Morgan fingerprint density at radius 3 is 2.89 bits per heavy atom. The molecule has 3 N–H and O–H groups in total. The summed E-state index contributed by atoms with van der Waals surface area (Å²) in [5.41, 5.74) is 8.60. The summed E-state index contributed by atoms with van der Waals surface area (Å²) < 4.78 is 18.6. The lowest BCUT2D eigenvalue weighted by Crippen LogP contribution is -1.89. The van der Waals surface area contributed by atoms with E-state index >= 15 is 0 Å². The second kappa shape index (κ2) is 4.24. The molecule has 19 heavy (non-hydrogen) atoms. The Morgan fingerprint density at radius 2 is 2.21 bits per heavy atom. The zero-order valence-corrected chi connectivity index (χ0v) is 10.1. The molecule has 3 rings (SSSR count). The maximum atomic E-state index is 13.3. The Kier molecular flexibility index (Phi) is 2.56. The highest BCUT2D eigenvalue weighted by molar-refractivity contribution is 5.86. The molecule has 0 aliphatic carbocycles. The molecule has 0 amide bonds. The van der Waals surface area contributed by atoms with Crippen molar-refractivity contribution >= 4 is 5.82 Å². The second-order valence-electron chi connectivity index (χ2n) is 4.19. The van der Waals surface area contributed by atoms with Gasteiger partial charge in [-0.25, -0.2) is 4.39 Å². The maximum Gasteiger partial charge on any atom is 0.180 e. The molecule has 0 fully saturated rings. The van der Waals surface area contributed by atoms with E-state index in [0.29, 0.717) is 16.9 Å². The summed E-state index contributed by atoms with van der Waals surface area (Å²) in [6.07, 6.45) is 1.62. The molecular weight excluding hydrogens is 247 g/mol. The molecule has 0 aliphatic rings. The molecule has 0 unspecified atom stereocenters. The minimum atomic E-state index is -0.340. The summed E-state index contributed by atoms with van der Waals surface area (Å²) in [7, 11) is 0. The van der Waals surface area contributed by atoms with Crippen molar-refractivity contribution in [1.82, 2.24) is 15.4 Å². The highest BCUT2D eigenvalue weighted by Crippen LogP contribution is 2.37. The van der Waals surface area contributed by atoms with Gasteiger partial charge in [0.1, 0.15) is 5.82 Å². The van der Waals surface area contributed by atoms with Gasteiger partial charge >= 0.3 is 0 Å². The number of rotatable bonds is 2. The van der Waals surface area contributed by atoms with Crippen LogP contribution < -0.4 is 5.73 Å². The third kappa shape index (κ3) is 1.87. The molecule has 2 aromatic heterocycles. The number of aromatic nitrogens is 3. The van der Waals surface area contributed by atoms with Gasteiger partial charge in [0.15, 0.2) is 11.6 Å². The number of hydrogen-bond donors (Lipinski definition) is 2. The molecule has 0 atom stereocenters. The first-order valence-electron chi connectivity index (χ1n) is 5.68. The average Bonchev–Trinajstić information content (AvgIpc) is 2.95. The van der Waals surface area contributed by atoms with Crippen LogP contribution in [-0.4, -0.2) is 15.4 Å². The Bertz CT molecular complexity index is 732. The van der Waals surface area contributed by atoms with Gasteiger partial charge in [0.05, 0.1) is 17.3 Å². The van der Waals surface area contributed by atoms with Gasteiger partial charge < -0.3 is 10.3 Å². The van der Waals surface area contributed by atoms with E-state index in [4.69, 9.17) is 10.3 Å². The number of aryl methyl sites for hydroxylation is 1. The van der Waals surface area contributed by atoms with E-state index in [-0.39, 0.29) is 11.6 Å². The van der Waals surface area contributed by atoms with Crippen LogP contribution in [0.15, 0.2) is 35.0 Å². The van der Waals surface area contributed by atoms with Gasteiger partial charge in [0, 0.05) is 5.69 Å². The fraction of sp³-hybridized carbons (Fsp3) is 0.0769. The number of aromatic amines is 1. The third-order valence-electron chi connectivity index (χ3n) is 2.91. The standard InChI is InChI=1S/C13H11FN4O/c1-7-10(6-16-17-7)12-11(13(15)18-19-12)8-3-2-4-9(14)5-8/h2-6H,1H3,(H2,15,18)(H,16,17). The number of nitrogens with two attached hydrogens (primary N) is 1. The number of nitrogens with zero attached hydrogens (tertiary/aromatic N) is 2. The van der Waals surface area contributed by atoms with Crippen molar-refractivity contribution in [3.05, 3.63) is 42.0 Å². The minimum Gasteiger partial charge on any atom is -0.380 e. The van der Waals surface area contributed by atoms with E-state index < -0.39 is 0 Å². The largest absolute Gasteiger partial charge is 0.380 e. The van der Waals surface area contributed by atoms with Crippen LogP contribution in [0.5, 0.6) is 0 Å². The van der Waals surface area contributed by atoms with E-state index in [2.05, 4.69) is 15.4 Å². The molecule has 0 saturated heterocycles. The highest BCUT2D eigenvalue weighted by atomic mass is 19.1. The minimum absolute atomic E-state index is 0.223. The summed E-state index contributed by atoms with van der Waals surface area (Å²) in [5.74, 6) is 0.364. The van der Waals surface area contributed by atoms with Gasteiger partial charge in [-0.1, -0.05) is 17.3 Å². The monoisotopic (exact) mass is 258 g/mol. The first-order valence-corrected chi connectivity index (χ1v) is 5.68. The number of hydrogen-bond acceptors (Lipinski definition) is 4. The van der Waals surface area contributed by atoms with Crippen molar-refractivity contribution in [2.24, 2.45) is 0 Å². The number of nitrogens with one attached hydrogen (secondary N) is 1. The molecule has 0 radical (unpaired) electrons. The molecule has 0 bridgehead atoms. The van der Waals surface area contributed by atoms with Crippen LogP contribution in [-0.2, 0) is 0 Å². The molecule has 6 heteroatoms. The zero-order chi connectivity index (χ0) is 13.4. The molecule has 3 aromatic rings. The molecule has 96 valence electrons. The SMILES string of the molecule is Cc1[nH]ncc1-c1onc(N)c1-c1cccc(F)c1. The van der Waals surface area contributed by atoms with Gasteiger partial charge in [-0.3, -0.25) is 5.10 Å². The van der Waals surface area contributed by atoms with Gasteiger partial charge in [-0.05, 0) is 24.6 Å². The number of nitrogen functional groups attached to an aromatic ring is 1. The van der Waals surface area contributed by atoms with E-state index in [1.165, 1.54) is 12.1 Å².